The van der Waals surface area contributed by atoms with E-state index in [1.807, 2.05) is 26.0 Å². The molecule has 19 heavy (non-hydrogen) atoms. The topological polar surface area (TPSA) is 58.7 Å². The van der Waals surface area contributed by atoms with Crippen molar-refractivity contribution in [3.63, 3.8) is 0 Å². The molecule has 1 aliphatic rings. The van der Waals surface area contributed by atoms with E-state index in [9.17, 15) is 5.11 Å². The number of nitrogens with two attached hydrogens (primary N) is 1. The van der Waals surface area contributed by atoms with E-state index in [0.717, 1.165) is 30.8 Å². The fourth-order valence-corrected chi connectivity index (χ4v) is 2.53. The molecule has 1 heterocycles. The molecule has 0 fully saturated rings. The zero-order valence-electron chi connectivity index (χ0n) is 11.8. The third-order valence-corrected chi connectivity index (χ3v) is 3.44. The molecule has 106 valence electrons. The minimum atomic E-state index is -0.463. The van der Waals surface area contributed by atoms with Gasteiger partial charge in [-0.2, -0.15) is 0 Å². The fraction of sp³-hybridized carbons (Fsp3) is 0.600. The summed E-state index contributed by atoms with van der Waals surface area (Å²) in [5.74, 6) is 0. The number of rotatable bonds is 5. The highest BCUT2D eigenvalue weighted by atomic mass is 16.5. The first-order valence-corrected chi connectivity index (χ1v) is 7.00. The standard InChI is InChI=1S/C15H24N2O2/c1-11(2)19-10-12(18)9-17-8-4-5-13-14(16)6-3-7-15(13)17/h3,6-7,11-12,18H,4-5,8-10,16H2,1-2H3. The number of β-amino-alcohol motifs (C(OH)–C–C–N with tert-alkyl or cyclic N) is 1. The Hall–Kier alpha value is -1.26. The quantitative estimate of drug-likeness (QED) is 0.796. The second kappa shape index (κ2) is 6.26. The third kappa shape index (κ3) is 3.61. The molecule has 0 aliphatic carbocycles. The first kappa shape index (κ1) is 14.2. The van der Waals surface area contributed by atoms with Gasteiger partial charge in [-0.1, -0.05) is 6.07 Å². The molecule has 0 saturated heterocycles. The normalized spacial score (nSPS) is 16.5. The van der Waals surface area contributed by atoms with Gasteiger partial charge < -0.3 is 20.5 Å². The van der Waals surface area contributed by atoms with Crippen LogP contribution < -0.4 is 10.6 Å². The van der Waals surface area contributed by atoms with E-state index in [4.69, 9.17) is 10.5 Å². The minimum absolute atomic E-state index is 0.152. The van der Waals surface area contributed by atoms with Crippen molar-refractivity contribution >= 4 is 11.4 Å². The second-order valence-corrected chi connectivity index (χ2v) is 5.43. The smallest absolute Gasteiger partial charge is 0.0948 e. The van der Waals surface area contributed by atoms with Crippen molar-refractivity contribution in [3.05, 3.63) is 23.8 Å². The van der Waals surface area contributed by atoms with E-state index >= 15 is 0 Å². The zero-order valence-corrected chi connectivity index (χ0v) is 11.8. The van der Waals surface area contributed by atoms with E-state index in [1.165, 1.54) is 5.56 Å². The van der Waals surface area contributed by atoms with Gasteiger partial charge in [0.2, 0.25) is 0 Å². The highest BCUT2D eigenvalue weighted by Crippen LogP contribution is 2.31. The average Bonchev–Trinajstić information content (AvgIpc) is 2.38. The summed E-state index contributed by atoms with van der Waals surface area (Å²) < 4.78 is 5.46. The molecular weight excluding hydrogens is 240 g/mol. The highest BCUT2D eigenvalue weighted by Gasteiger charge is 2.20. The van der Waals surface area contributed by atoms with Crippen molar-refractivity contribution in [3.8, 4) is 0 Å². The minimum Gasteiger partial charge on any atom is -0.398 e. The Labute approximate surface area is 115 Å². The van der Waals surface area contributed by atoms with Crippen LogP contribution in [0.5, 0.6) is 0 Å². The maximum atomic E-state index is 10.0. The molecule has 1 unspecified atom stereocenters. The Morgan fingerprint density at radius 2 is 2.21 bits per heavy atom. The maximum Gasteiger partial charge on any atom is 0.0948 e. The van der Waals surface area contributed by atoms with Crippen LogP contribution in [0.3, 0.4) is 0 Å². The van der Waals surface area contributed by atoms with Crippen LogP contribution in [0, 0.1) is 0 Å². The van der Waals surface area contributed by atoms with Crippen molar-refractivity contribution in [1.82, 2.24) is 0 Å². The summed E-state index contributed by atoms with van der Waals surface area (Å²) in [5.41, 5.74) is 9.25. The lowest BCUT2D eigenvalue weighted by Gasteiger charge is -2.33. The number of anilines is 2. The van der Waals surface area contributed by atoms with Gasteiger partial charge in [0.15, 0.2) is 0 Å². The van der Waals surface area contributed by atoms with Gasteiger partial charge in [0.05, 0.1) is 18.8 Å². The predicted octanol–water partition coefficient (Wildman–Crippen LogP) is 1.81. The largest absolute Gasteiger partial charge is 0.398 e. The number of hydrogen-bond donors (Lipinski definition) is 2. The van der Waals surface area contributed by atoms with Crippen molar-refractivity contribution in [2.24, 2.45) is 0 Å². The van der Waals surface area contributed by atoms with Crippen LogP contribution in [-0.4, -0.2) is 37.0 Å². The Kier molecular flexibility index (Phi) is 4.66. The molecule has 0 saturated carbocycles. The van der Waals surface area contributed by atoms with Gasteiger partial charge in [-0.15, -0.1) is 0 Å². The number of ether oxygens (including phenoxy) is 1. The molecule has 0 aromatic heterocycles. The van der Waals surface area contributed by atoms with Gasteiger partial charge in [0.25, 0.3) is 0 Å². The van der Waals surface area contributed by atoms with Crippen molar-refractivity contribution in [1.29, 1.82) is 0 Å². The summed E-state index contributed by atoms with van der Waals surface area (Å²) in [4.78, 5) is 2.21. The van der Waals surface area contributed by atoms with E-state index in [0.29, 0.717) is 13.2 Å². The molecule has 0 radical (unpaired) electrons. The van der Waals surface area contributed by atoms with Crippen molar-refractivity contribution in [2.45, 2.75) is 38.9 Å². The van der Waals surface area contributed by atoms with Gasteiger partial charge in [-0.25, -0.2) is 0 Å². The molecule has 0 spiro atoms. The monoisotopic (exact) mass is 264 g/mol. The number of benzene rings is 1. The van der Waals surface area contributed by atoms with Crippen LogP contribution in [0.1, 0.15) is 25.8 Å². The lowest BCUT2D eigenvalue weighted by molar-refractivity contribution is 0.00880. The molecule has 3 N–H and O–H groups in total. The third-order valence-electron chi connectivity index (χ3n) is 3.44. The van der Waals surface area contributed by atoms with Crippen molar-refractivity contribution < 1.29 is 9.84 Å². The molecule has 0 amide bonds. The summed E-state index contributed by atoms with van der Waals surface area (Å²) >= 11 is 0. The second-order valence-electron chi connectivity index (χ2n) is 5.43. The summed E-state index contributed by atoms with van der Waals surface area (Å²) in [6.45, 7) is 5.90. The summed E-state index contributed by atoms with van der Waals surface area (Å²) in [6, 6.07) is 6.00. The van der Waals surface area contributed by atoms with Gasteiger partial charge >= 0.3 is 0 Å². The number of nitrogens with zero attached hydrogens (tertiary/aromatic N) is 1. The van der Waals surface area contributed by atoms with Gasteiger partial charge in [0.1, 0.15) is 0 Å². The molecule has 0 bridgehead atoms. The zero-order chi connectivity index (χ0) is 13.8. The highest BCUT2D eigenvalue weighted by molar-refractivity contribution is 5.66. The SMILES string of the molecule is CC(C)OCC(O)CN1CCCc2c(N)cccc21. The van der Waals surface area contributed by atoms with E-state index in [2.05, 4.69) is 11.0 Å². The van der Waals surface area contributed by atoms with E-state index in [-0.39, 0.29) is 6.10 Å². The van der Waals surface area contributed by atoms with Crippen LogP contribution in [-0.2, 0) is 11.2 Å². The molecule has 2 rings (SSSR count). The molecule has 1 aliphatic heterocycles. The van der Waals surface area contributed by atoms with Crippen LogP contribution in [0.4, 0.5) is 11.4 Å². The molecule has 1 aromatic rings. The maximum absolute atomic E-state index is 10.0. The van der Waals surface area contributed by atoms with Crippen LogP contribution in [0.2, 0.25) is 0 Å². The average molecular weight is 264 g/mol. The Bertz CT molecular complexity index is 421. The number of aliphatic hydroxyl groups excluding tert-OH is 1. The van der Waals surface area contributed by atoms with E-state index in [1.54, 1.807) is 0 Å². The first-order valence-electron chi connectivity index (χ1n) is 7.00. The molecular formula is C15H24N2O2. The Balaban J connectivity index is 2.01. The fourth-order valence-electron chi connectivity index (χ4n) is 2.53. The summed E-state index contributed by atoms with van der Waals surface area (Å²) in [7, 11) is 0. The van der Waals surface area contributed by atoms with Crippen LogP contribution >= 0.6 is 0 Å². The van der Waals surface area contributed by atoms with Crippen molar-refractivity contribution in [2.75, 3.05) is 30.3 Å². The number of fused-ring (bicyclic) bond motifs is 1. The summed E-state index contributed by atoms with van der Waals surface area (Å²) in [5, 5.41) is 10.0. The van der Waals surface area contributed by atoms with Gasteiger partial charge in [-0.05, 0) is 44.4 Å². The number of aliphatic hydroxyl groups is 1. The molecule has 1 aromatic carbocycles. The molecule has 4 heteroatoms. The van der Waals surface area contributed by atoms with Crippen LogP contribution in [0.15, 0.2) is 18.2 Å². The lowest BCUT2D eigenvalue weighted by atomic mass is 9.99. The Morgan fingerprint density at radius 3 is 2.95 bits per heavy atom. The summed E-state index contributed by atoms with van der Waals surface area (Å²) in [6.07, 6.45) is 1.80. The van der Waals surface area contributed by atoms with Gasteiger partial charge in [0, 0.05) is 24.5 Å². The van der Waals surface area contributed by atoms with Gasteiger partial charge in [-0.3, -0.25) is 0 Å². The molecule has 4 nitrogen and oxygen atoms in total. The lowest BCUT2D eigenvalue weighted by Crippen LogP contribution is -2.38. The van der Waals surface area contributed by atoms with E-state index < -0.39 is 6.10 Å². The molecule has 1 atom stereocenters. The number of hydrogen-bond acceptors (Lipinski definition) is 4. The Morgan fingerprint density at radius 1 is 1.42 bits per heavy atom. The van der Waals surface area contributed by atoms with Crippen LogP contribution in [0.25, 0.3) is 0 Å². The predicted molar refractivity (Wildman–Crippen MR) is 78.5 cm³/mol. The number of nitrogen functional groups attached to an aromatic ring is 1. The first-order chi connectivity index (χ1) is 9.08.